The van der Waals surface area contributed by atoms with Gasteiger partial charge in [0.2, 0.25) is 0 Å². The van der Waals surface area contributed by atoms with E-state index in [0.29, 0.717) is 19.2 Å². The number of hydrogen-bond acceptors (Lipinski definition) is 0. The zero-order chi connectivity index (χ0) is 37.7. The van der Waals surface area contributed by atoms with E-state index in [-0.39, 0.29) is 24.8 Å². The molecule has 1 heterocycles. The molecule has 0 N–H and O–H groups in total. The van der Waals surface area contributed by atoms with E-state index in [9.17, 15) is 26.3 Å². The fourth-order valence-corrected chi connectivity index (χ4v) is 48.2. The maximum atomic E-state index is 13.6. The van der Waals surface area contributed by atoms with Gasteiger partial charge >= 0.3 is 326 Å². The van der Waals surface area contributed by atoms with Crippen LogP contribution in [-0.2, 0) is 32.3 Å². The van der Waals surface area contributed by atoms with Crippen molar-refractivity contribution in [2.24, 2.45) is 11.8 Å². The molecule has 4 aromatic carbocycles. The molecule has 9 heteroatoms. The van der Waals surface area contributed by atoms with Crippen LogP contribution in [0.15, 0.2) is 96.1 Å². The maximum absolute atomic E-state index is 13.6. The van der Waals surface area contributed by atoms with Gasteiger partial charge in [0, 0.05) is 0 Å². The van der Waals surface area contributed by atoms with Crippen LogP contribution >= 0.6 is 24.8 Å². The summed E-state index contributed by atoms with van der Waals surface area (Å²) in [5.41, 5.74) is 11.1. The van der Waals surface area contributed by atoms with Crippen molar-refractivity contribution in [3.8, 4) is 22.3 Å². The van der Waals surface area contributed by atoms with E-state index in [4.69, 9.17) is 0 Å². The predicted octanol–water partition coefficient (Wildman–Crippen LogP) is 16.2. The second kappa shape index (κ2) is 15.5. The third kappa shape index (κ3) is 6.76. The summed E-state index contributed by atoms with van der Waals surface area (Å²) in [5, 5.41) is 0. The number of alkyl halides is 6. The minimum atomic E-state index is -4.38. The van der Waals surface area contributed by atoms with E-state index in [2.05, 4.69) is 48.6 Å². The number of fused-ring (bicyclic) bond motifs is 3. The number of rotatable bonds is 6. The molecular formula is C48H48Cl2F6Hf. The van der Waals surface area contributed by atoms with Crippen LogP contribution in [0.5, 0.6) is 0 Å². The third-order valence-corrected chi connectivity index (χ3v) is 39.5. The second-order valence-electron chi connectivity index (χ2n) is 17.4. The van der Waals surface area contributed by atoms with Gasteiger partial charge in [-0.05, 0) is 0 Å². The molecule has 0 bridgehead atoms. The molecule has 1 aliphatic heterocycles. The standard InChI is InChI=1S/2C21H18F3.C6H10.2ClH.Hf/c2*22-21(23,24)18-10-8-15(9-11-18)19-7-3-6-16-12-17(13-20(16)19)14-4-1-2-5-14;1-2-4-6-5-3-1;;;/h2*3,6-14H,1-2,4-5H2;1-2H,3-6H2;2*1H;. The molecule has 0 aromatic heterocycles. The van der Waals surface area contributed by atoms with Crippen molar-refractivity contribution in [2.75, 3.05) is 0 Å². The van der Waals surface area contributed by atoms with Crippen molar-refractivity contribution in [3.05, 3.63) is 129 Å². The first-order valence-corrected chi connectivity index (χ1v) is 28.9. The zero-order valence-corrected chi connectivity index (χ0v) is 37.0. The molecule has 0 nitrogen and oxygen atoms in total. The Hall–Kier alpha value is -2.61. The van der Waals surface area contributed by atoms with E-state index >= 15 is 0 Å². The van der Waals surface area contributed by atoms with Gasteiger partial charge in [0.1, 0.15) is 0 Å². The van der Waals surface area contributed by atoms with E-state index in [1.54, 1.807) is 35.4 Å². The summed E-state index contributed by atoms with van der Waals surface area (Å²) in [4.78, 5) is 0. The van der Waals surface area contributed by atoms with Crippen LogP contribution in [0.4, 0.5) is 26.3 Å². The Balaban J connectivity index is 0.00000228. The third-order valence-electron chi connectivity index (χ3n) is 14.8. The number of hydrogen-bond donors (Lipinski definition) is 0. The molecule has 5 aliphatic carbocycles. The van der Waals surface area contributed by atoms with Gasteiger partial charge in [-0.2, -0.15) is 0 Å². The normalized spacial score (nSPS) is 26.8. The van der Waals surface area contributed by atoms with Crippen molar-refractivity contribution in [1.82, 2.24) is 0 Å². The summed E-state index contributed by atoms with van der Waals surface area (Å²) < 4.78 is 84.2. The Labute approximate surface area is 348 Å². The van der Waals surface area contributed by atoms with Gasteiger partial charge < -0.3 is 0 Å². The molecule has 1 saturated heterocycles. The summed E-state index contributed by atoms with van der Waals surface area (Å²) in [7, 11) is 0. The fraction of sp³-hybridized carbons (Fsp3) is 0.417. The average Bonchev–Trinajstić information content (AvgIpc) is 3.85. The first-order chi connectivity index (χ1) is 26.5. The van der Waals surface area contributed by atoms with Crippen molar-refractivity contribution in [1.29, 1.82) is 0 Å². The molecular weight excluding hydrogens is 940 g/mol. The molecule has 4 aromatic rings. The first-order valence-electron chi connectivity index (χ1n) is 20.6. The Morgan fingerprint density at radius 3 is 1.14 bits per heavy atom. The summed E-state index contributed by atoms with van der Waals surface area (Å²) in [6, 6.07) is 24.8. The quantitative estimate of drug-likeness (QED) is 0.133. The van der Waals surface area contributed by atoms with Crippen LogP contribution in [0, 0.1) is 11.8 Å². The number of halogens is 8. The molecule has 4 unspecified atom stereocenters. The van der Waals surface area contributed by atoms with Crippen LogP contribution < -0.4 is 0 Å². The van der Waals surface area contributed by atoms with E-state index in [1.165, 1.54) is 124 Å². The number of allylic oxidation sites excluding steroid dienone is 2. The molecule has 6 aliphatic rings. The SMILES string of the molecule is Cl.Cl.FC(F)(F)c1ccc(-c2cccc3c2C=C(C2CCCC2)[CH]3[Hf]2([CH]3C(C4CCCC4)=Cc4c(-c5ccc(C(F)(F)F)cc5)cccc43)[CH]3CCCC[CH]32)cc1. The van der Waals surface area contributed by atoms with Crippen molar-refractivity contribution in [3.63, 3.8) is 0 Å². The van der Waals surface area contributed by atoms with Crippen LogP contribution in [0.2, 0.25) is 7.35 Å². The van der Waals surface area contributed by atoms with Gasteiger partial charge in [0.15, 0.2) is 0 Å². The molecule has 3 saturated carbocycles. The molecule has 0 spiro atoms. The van der Waals surface area contributed by atoms with Gasteiger partial charge in [0.25, 0.3) is 0 Å². The second-order valence-corrected chi connectivity index (χ2v) is 34.0. The molecule has 4 fully saturated rings. The fourth-order valence-electron chi connectivity index (χ4n) is 12.6. The van der Waals surface area contributed by atoms with E-state index in [1.807, 2.05) is 0 Å². The van der Waals surface area contributed by atoms with Gasteiger partial charge in [-0.1, -0.05) is 0 Å². The zero-order valence-electron chi connectivity index (χ0n) is 31.8. The van der Waals surface area contributed by atoms with Gasteiger partial charge in [0.05, 0.1) is 0 Å². The molecule has 4 atom stereocenters. The topological polar surface area (TPSA) is 0 Å². The van der Waals surface area contributed by atoms with Crippen LogP contribution in [0.3, 0.4) is 0 Å². The van der Waals surface area contributed by atoms with Crippen LogP contribution in [-0.4, -0.2) is 0 Å². The van der Waals surface area contributed by atoms with E-state index < -0.39 is 43.4 Å². The Bertz CT molecular complexity index is 2030. The molecule has 300 valence electrons. The van der Waals surface area contributed by atoms with Crippen LogP contribution in [0.1, 0.15) is 118 Å². The predicted molar refractivity (Wildman–Crippen MR) is 220 cm³/mol. The summed E-state index contributed by atoms with van der Waals surface area (Å²) in [5.74, 6) is 1.08. The summed E-state index contributed by atoms with van der Waals surface area (Å²) >= 11 is -3.65. The summed E-state index contributed by atoms with van der Waals surface area (Å²) in [6.07, 6.45) is 11.2. The van der Waals surface area contributed by atoms with Gasteiger partial charge in [-0.15, -0.1) is 24.8 Å². The molecule has 0 radical (unpaired) electrons. The van der Waals surface area contributed by atoms with Crippen molar-refractivity contribution >= 4 is 37.0 Å². The van der Waals surface area contributed by atoms with Crippen molar-refractivity contribution in [2.45, 2.75) is 104 Å². The summed E-state index contributed by atoms with van der Waals surface area (Å²) in [6.45, 7) is 0. The minimum absolute atomic E-state index is 0. The Kier molecular flexibility index (Phi) is 11.2. The van der Waals surface area contributed by atoms with Gasteiger partial charge in [-0.25, -0.2) is 0 Å². The van der Waals surface area contributed by atoms with Gasteiger partial charge in [-0.3, -0.25) is 0 Å². The first kappa shape index (κ1) is 41.1. The molecule has 57 heavy (non-hydrogen) atoms. The monoisotopic (exact) mass is 988 g/mol. The molecule has 0 amide bonds. The Morgan fingerprint density at radius 1 is 0.439 bits per heavy atom. The van der Waals surface area contributed by atoms with Crippen LogP contribution in [0.25, 0.3) is 34.4 Å². The van der Waals surface area contributed by atoms with Crippen molar-refractivity contribution < 1.29 is 46.3 Å². The van der Waals surface area contributed by atoms with E-state index in [0.717, 1.165) is 29.6 Å². The average molecular weight is 988 g/mol. The Morgan fingerprint density at radius 2 is 0.789 bits per heavy atom. The molecule has 10 rings (SSSR count). The number of benzene rings is 4.